The summed E-state index contributed by atoms with van der Waals surface area (Å²) in [5.74, 6) is 2.15. The Hall–Kier alpha value is -1.81. The van der Waals surface area contributed by atoms with Crippen LogP contribution in [0.2, 0.25) is 5.02 Å². The van der Waals surface area contributed by atoms with Crippen LogP contribution in [0.4, 0.5) is 5.69 Å². The second-order valence-electron chi connectivity index (χ2n) is 4.31. The van der Waals surface area contributed by atoms with E-state index in [0.717, 1.165) is 17.9 Å². The molecule has 5 heteroatoms. The van der Waals surface area contributed by atoms with Gasteiger partial charge in [0.05, 0.1) is 37.2 Å². The van der Waals surface area contributed by atoms with Gasteiger partial charge < -0.3 is 19.2 Å². The first-order chi connectivity index (χ1) is 9.69. The highest BCUT2D eigenvalue weighted by atomic mass is 35.5. The number of methoxy groups -OCH3 is 2. The van der Waals surface area contributed by atoms with Crippen LogP contribution >= 0.6 is 11.6 Å². The van der Waals surface area contributed by atoms with E-state index in [2.05, 4.69) is 12.2 Å². The first kappa shape index (κ1) is 14.6. The number of hydrogen-bond acceptors (Lipinski definition) is 4. The summed E-state index contributed by atoms with van der Waals surface area (Å²) in [6, 6.07) is 7.44. The molecule has 20 heavy (non-hydrogen) atoms. The summed E-state index contributed by atoms with van der Waals surface area (Å²) in [6.45, 7) is 2.08. The first-order valence-corrected chi connectivity index (χ1v) is 6.78. The Morgan fingerprint density at radius 2 is 2.00 bits per heavy atom. The maximum absolute atomic E-state index is 6.10. The molecule has 4 nitrogen and oxygen atoms in total. The van der Waals surface area contributed by atoms with Gasteiger partial charge in [-0.1, -0.05) is 18.5 Å². The van der Waals surface area contributed by atoms with Crippen molar-refractivity contribution >= 4 is 17.3 Å². The molecule has 0 saturated heterocycles. The predicted molar refractivity (Wildman–Crippen MR) is 79.9 cm³/mol. The molecular formula is C15H18ClNO3. The molecule has 1 aromatic carbocycles. The molecule has 1 heterocycles. The van der Waals surface area contributed by atoms with Gasteiger partial charge >= 0.3 is 0 Å². The monoisotopic (exact) mass is 295 g/mol. The van der Waals surface area contributed by atoms with Gasteiger partial charge in [-0.2, -0.15) is 0 Å². The van der Waals surface area contributed by atoms with E-state index >= 15 is 0 Å². The van der Waals surface area contributed by atoms with Crippen molar-refractivity contribution in [2.75, 3.05) is 19.5 Å². The summed E-state index contributed by atoms with van der Waals surface area (Å²) in [4.78, 5) is 0. The van der Waals surface area contributed by atoms with E-state index in [-0.39, 0.29) is 6.04 Å². The SMILES string of the molecule is CCC(Nc1cc(OC)c(Cl)cc1OC)c1ccco1. The van der Waals surface area contributed by atoms with Crippen LogP contribution in [-0.2, 0) is 0 Å². The van der Waals surface area contributed by atoms with Crippen LogP contribution < -0.4 is 14.8 Å². The number of furan rings is 1. The van der Waals surface area contributed by atoms with Crippen molar-refractivity contribution in [3.8, 4) is 11.5 Å². The summed E-state index contributed by atoms with van der Waals surface area (Å²) in [7, 11) is 3.19. The van der Waals surface area contributed by atoms with E-state index in [1.54, 1.807) is 26.5 Å². The molecule has 1 unspecified atom stereocenters. The molecule has 2 rings (SSSR count). The molecule has 0 aliphatic carbocycles. The quantitative estimate of drug-likeness (QED) is 0.851. The van der Waals surface area contributed by atoms with Gasteiger partial charge in [0, 0.05) is 12.1 Å². The normalized spacial score (nSPS) is 12.0. The lowest BCUT2D eigenvalue weighted by Crippen LogP contribution is -2.10. The zero-order valence-electron chi connectivity index (χ0n) is 11.8. The first-order valence-electron chi connectivity index (χ1n) is 6.41. The summed E-state index contributed by atoms with van der Waals surface area (Å²) in [5.41, 5.74) is 0.817. The molecule has 1 aromatic heterocycles. The minimum absolute atomic E-state index is 0.0600. The standard InChI is InChI=1S/C15H18ClNO3/c1-4-11(13-6-5-7-20-13)17-12-9-14(18-2)10(16)8-15(12)19-3/h5-9,11,17H,4H2,1-3H3. The van der Waals surface area contributed by atoms with Crippen LogP contribution in [0, 0.1) is 0 Å². The molecule has 0 bridgehead atoms. The lowest BCUT2D eigenvalue weighted by Gasteiger charge is -2.19. The van der Waals surface area contributed by atoms with Crippen LogP contribution in [0.25, 0.3) is 0 Å². The average molecular weight is 296 g/mol. The van der Waals surface area contributed by atoms with Crippen molar-refractivity contribution in [2.45, 2.75) is 19.4 Å². The Kier molecular flexibility index (Phi) is 4.79. The second kappa shape index (κ2) is 6.57. The molecule has 1 N–H and O–H groups in total. The fourth-order valence-electron chi connectivity index (χ4n) is 2.02. The largest absolute Gasteiger partial charge is 0.495 e. The van der Waals surface area contributed by atoms with Gasteiger partial charge in [-0.15, -0.1) is 0 Å². The summed E-state index contributed by atoms with van der Waals surface area (Å²) in [6.07, 6.45) is 2.54. The summed E-state index contributed by atoms with van der Waals surface area (Å²) in [5, 5.41) is 3.91. The number of benzene rings is 1. The van der Waals surface area contributed by atoms with Crippen LogP contribution in [0.3, 0.4) is 0 Å². The Labute approximate surface area is 123 Å². The molecule has 0 saturated carbocycles. The third-order valence-electron chi connectivity index (χ3n) is 3.10. The van der Waals surface area contributed by atoms with Gasteiger partial charge in [0.2, 0.25) is 0 Å². The fraction of sp³-hybridized carbons (Fsp3) is 0.333. The molecule has 0 aliphatic rings. The molecule has 2 aromatic rings. The van der Waals surface area contributed by atoms with E-state index in [9.17, 15) is 0 Å². The Bertz CT molecular complexity index is 554. The Balaban J connectivity index is 2.31. The number of anilines is 1. The maximum atomic E-state index is 6.10. The Morgan fingerprint density at radius 1 is 1.25 bits per heavy atom. The Morgan fingerprint density at radius 3 is 2.55 bits per heavy atom. The highest BCUT2D eigenvalue weighted by Gasteiger charge is 2.16. The summed E-state index contributed by atoms with van der Waals surface area (Å²) >= 11 is 6.10. The number of rotatable bonds is 6. The molecule has 108 valence electrons. The van der Waals surface area contributed by atoms with Gasteiger partial charge in [-0.05, 0) is 18.6 Å². The fourth-order valence-corrected chi connectivity index (χ4v) is 2.26. The van der Waals surface area contributed by atoms with Crippen LogP contribution in [-0.4, -0.2) is 14.2 Å². The predicted octanol–water partition coefficient (Wildman–Crippen LogP) is 4.51. The number of halogens is 1. The minimum Gasteiger partial charge on any atom is -0.495 e. The van der Waals surface area contributed by atoms with Gasteiger partial charge in [-0.3, -0.25) is 0 Å². The zero-order valence-corrected chi connectivity index (χ0v) is 12.5. The van der Waals surface area contributed by atoms with Crippen molar-refractivity contribution in [2.24, 2.45) is 0 Å². The van der Waals surface area contributed by atoms with Gasteiger partial charge in [0.25, 0.3) is 0 Å². The van der Waals surface area contributed by atoms with Crippen LogP contribution in [0.1, 0.15) is 25.1 Å². The van der Waals surface area contributed by atoms with Crippen LogP contribution in [0.15, 0.2) is 34.9 Å². The lowest BCUT2D eigenvalue weighted by atomic mass is 10.1. The van der Waals surface area contributed by atoms with E-state index < -0.39 is 0 Å². The average Bonchev–Trinajstić information content (AvgIpc) is 2.99. The highest BCUT2D eigenvalue weighted by molar-refractivity contribution is 6.32. The maximum Gasteiger partial charge on any atom is 0.143 e. The molecule has 0 aliphatic heterocycles. The van der Waals surface area contributed by atoms with Crippen molar-refractivity contribution in [1.29, 1.82) is 0 Å². The summed E-state index contributed by atoms with van der Waals surface area (Å²) < 4.78 is 16.0. The van der Waals surface area contributed by atoms with Crippen molar-refractivity contribution in [3.63, 3.8) is 0 Å². The zero-order chi connectivity index (χ0) is 14.5. The van der Waals surface area contributed by atoms with Crippen LogP contribution in [0.5, 0.6) is 11.5 Å². The minimum atomic E-state index is 0.0600. The molecule has 0 amide bonds. The molecule has 1 atom stereocenters. The smallest absolute Gasteiger partial charge is 0.143 e. The molecule has 0 radical (unpaired) electrons. The van der Waals surface area contributed by atoms with E-state index in [4.69, 9.17) is 25.5 Å². The van der Waals surface area contributed by atoms with Gasteiger partial charge in [-0.25, -0.2) is 0 Å². The number of ether oxygens (including phenoxy) is 2. The number of hydrogen-bond donors (Lipinski definition) is 1. The number of nitrogens with one attached hydrogen (secondary N) is 1. The molecule has 0 spiro atoms. The third kappa shape index (κ3) is 3.02. The second-order valence-corrected chi connectivity index (χ2v) is 4.71. The van der Waals surface area contributed by atoms with Gasteiger partial charge in [0.1, 0.15) is 17.3 Å². The molecular weight excluding hydrogens is 278 g/mol. The van der Waals surface area contributed by atoms with Crippen molar-refractivity contribution in [1.82, 2.24) is 0 Å². The van der Waals surface area contributed by atoms with E-state index in [0.29, 0.717) is 16.5 Å². The topological polar surface area (TPSA) is 43.6 Å². The third-order valence-corrected chi connectivity index (χ3v) is 3.39. The van der Waals surface area contributed by atoms with Crippen molar-refractivity contribution < 1.29 is 13.9 Å². The van der Waals surface area contributed by atoms with Crippen molar-refractivity contribution in [3.05, 3.63) is 41.3 Å². The van der Waals surface area contributed by atoms with E-state index in [1.807, 2.05) is 18.2 Å². The van der Waals surface area contributed by atoms with E-state index in [1.165, 1.54) is 0 Å². The highest BCUT2D eigenvalue weighted by Crippen LogP contribution is 2.38. The lowest BCUT2D eigenvalue weighted by molar-refractivity contribution is 0.403. The van der Waals surface area contributed by atoms with Gasteiger partial charge in [0.15, 0.2) is 0 Å². The molecule has 0 fully saturated rings.